The molecule has 27 heavy (non-hydrogen) atoms. The lowest BCUT2D eigenvalue weighted by molar-refractivity contribution is -0.142. The van der Waals surface area contributed by atoms with Crippen LogP contribution in [-0.4, -0.2) is 43.0 Å². The van der Waals surface area contributed by atoms with Crippen molar-refractivity contribution in [2.75, 3.05) is 26.3 Å². The molecule has 2 aliphatic heterocycles. The Morgan fingerprint density at radius 3 is 2.78 bits per heavy atom. The molecule has 0 bridgehead atoms. The maximum absolute atomic E-state index is 12.6. The van der Waals surface area contributed by atoms with Gasteiger partial charge in [0.15, 0.2) is 6.61 Å². The Morgan fingerprint density at radius 2 is 2.00 bits per heavy atom. The van der Waals surface area contributed by atoms with Crippen molar-refractivity contribution in [1.82, 2.24) is 4.90 Å². The first-order valence-corrected chi connectivity index (χ1v) is 9.97. The summed E-state index contributed by atoms with van der Waals surface area (Å²) in [6, 6.07) is 8.86. The summed E-state index contributed by atoms with van der Waals surface area (Å²) in [6.07, 6.45) is 2.56. The first-order valence-electron chi connectivity index (χ1n) is 9.09. The fourth-order valence-corrected chi connectivity index (χ4v) is 4.87. The summed E-state index contributed by atoms with van der Waals surface area (Å²) in [7, 11) is 0. The van der Waals surface area contributed by atoms with Crippen molar-refractivity contribution in [2.45, 2.75) is 24.9 Å². The van der Waals surface area contributed by atoms with E-state index in [1.165, 1.54) is 10.4 Å². The van der Waals surface area contributed by atoms with E-state index in [1.54, 1.807) is 35.6 Å². The van der Waals surface area contributed by atoms with Crippen LogP contribution in [0, 0.1) is 0 Å². The van der Waals surface area contributed by atoms with Crippen LogP contribution in [0.15, 0.2) is 35.7 Å². The summed E-state index contributed by atoms with van der Waals surface area (Å²) < 4.78 is 11.7. The van der Waals surface area contributed by atoms with Crippen LogP contribution in [0.4, 0.5) is 0 Å². The largest absolute Gasteiger partial charge is 0.483 e. The van der Waals surface area contributed by atoms with E-state index >= 15 is 0 Å². The third-order valence-corrected chi connectivity index (χ3v) is 6.35. The van der Waals surface area contributed by atoms with Gasteiger partial charge < -0.3 is 20.1 Å². The van der Waals surface area contributed by atoms with Crippen molar-refractivity contribution in [2.24, 2.45) is 5.73 Å². The normalized spacial score (nSPS) is 18.1. The minimum atomic E-state index is -0.570. The molecule has 1 spiro atoms. The highest BCUT2D eigenvalue weighted by molar-refractivity contribution is 7.10. The van der Waals surface area contributed by atoms with E-state index in [4.69, 9.17) is 15.2 Å². The molecule has 0 saturated carbocycles. The summed E-state index contributed by atoms with van der Waals surface area (Å²) in [6.45, 7) is 1.90. The Bertz CT molecular complexity index is 855. The molecule has 2 amide bonds. The van der Waals surface area contributed by atoms with Gasteiger partial charge in [-0.1, -0.05) is 12.1 Å². The maximum atomic E-state index is 12.6. The third-order valence-electron chi connectivity index (χ3n) is 5.37. The zero-order valence-corrected chi connectivity index (χ0v) is 15.8. The van der Waals surface area contributed by atoms with Crippen LogP contribution in [0.25, 0.3) is 0 Å². The highest BCUT2D eigenvalue weighted by Gasteiger charge is 2.42. The molecule has 6 nitrogen and oxygen atoms in total. The van der Waals surface area contributed by atoms with Crippen LogP contribution in [0.5, 0.6) is 5.75 Å². The number of carbonyl (C=O) groups is 2. The van der Waals surface area contributed by atoms with Crippen molar-refractivity contribution in [3.63, 3.8) is 0 Å². The average Bonchev–Trinajstić information content (AvgIpc) is 3.17. The van der Waals surface area contributed by atoms with Gasteiger partial charge in [-0.05, 0) is 42.0 Å². The molecular weight excluding hydrogens is 364 g/mol. The van der Waals surface area contributed by atoms with Crippen LogP contribution in [-0.2, 0) is 21.6 Å². The highest BCUT2D eigenvalue weighted by atomic mass is 32.1. The minimum Gasteiger partial charge on any atom is -0.483 e. The standard InChI is InChI=1S/C20H22N2O4S/c21-19(24)14-3-1-2-4-16(14)25-13-18(23)22-9-7-20(8-10-22)15-6-12-27-17(15)5-11-26-20/h1-4,6,12H,5,7-11,13H2,(H2,21,24). The van der Waals surface area contributed by atoms with E-state index in [2.05, 4.69) is 11.4 Å². The molecule has 2 N–H and O–H groups in total. The number of likely N-dealkylation sites (tertiary alicyclic amines) is 1. The lowest BCUT2D eigenvalue weighted by Gasteiger charge is -2.44. The summed E-state index contributed by atoms with van der Waals surface area (Å²) in [4.78, 5) is 27.2. The number of nitrogens with zero attached hydrogens (tertiary/aromatic N) is 1. The number of fused-ring (bicyclic) bond motifs is 2. The minimum absolute atomic E-state index is 0.0922. The molecule has 142 valence electrons. The van der Waals surface area contributed by atoms with Crippen LogP contribution < -0.4 is 10.5 Å². The van der Waals surface area contributed by atoms with Gasteiger partial charge in [0.25, 0.3) is 11.8 Å². The molecule has 2 aromatic rings. The fourth-order valence-electron chi connectivity index (χ4n) is 3.91. The van der Waals surface area contributed by atoms with Crippen molar-refractivity contribution >= 4 is 23.2 Å². The van der Waals surface area contributed by atoms with E-state index in [-0.39, 0.29) is 23.7 Å². The zero-order valence-electron chi connectivity index (χ0n) is 15.0. The van der Waals surface area contributed by atoms with Gasteiger partial charge in [-0.3, -0.25) is 9.59 Å². The molecule has 1 aromatic carbocycles. The molecular formula is C20H22N2O4S. The van der Waals surface area contributed by atoms with Gasteiger partial charge >= 0.3 is 0 Å². The summed E-state index contributed by atoms with van der Waals surface area (Å²) in [5.74, 6) is -0.324. The van der Waals surface area contributed by atoms with E-state index < -0.39 is 5.91 Å². The summed E-state index contributed by atoms with van der Waals surface area (Å²) >= 11 is 1.79. The monoisotopic (exact) mass is 386 g/mol. The second-order valence-corrected chi connectivity index (χ2v) is 7.88. The molecule has 7 heteroatoms. The van der Waals surface area contributed by atoms with Gasteiger partial charge in [-0.25, -0.2) is 0 Å². The van der Waals surface area contributed by atoms with Gasteiger partial charge in [0.05, 0.1) is 17.8 Å². The van der Waals surface area contributed by atoms with E-state index in [9.17, 15) is 9.59 Å². The Hall–Kier alpha value is -2.38. The molecule has 4 rings (SSSR count). The lowest BCUT2D eigenvalue weighted by Crippen LogP contribution is -2.49. The van der Waals surface area contributed by atoms with Crippen molar-refractivity contribution in [1.29, 1.82) is 0 Å². The number of para-hydroxylation sites is 1. The number of primary amides is 1. The topological polar surface area (TPSA) is 81.9 Å². The molecule has 1 saturated heterocycles. The van der Waals surface area contributed by atoms with Gasteiger partial charge in [0, 0.05) is 24.4 Å². The number of benzene rings is 1. The number of thiophene rings is 1. The van der Waals surface area contributed by atoms with E-state index in [0.29, 0.717) is 18.8 Å². The summed E-state index contributed by atoms with van der Waals surface area (Å²) in [5.41, 5.74) is 6.68. The van der Waals surface area contributed by atoms with Crippen molar-refractivity contribution < 1.29 is 19.1 Å². The SMILES string of the molecule is NC(=O)c1ccccc1OCC(=O)N1CCC2(CC1)OCCc1sccc12. The van der Waals surface area contributed by atoms with Gasteiger partial charge in [-0.2, -0.15) is 0 Å². The van der Waals surface area contributed by atoms with Crippen LogP contribution >= 0.6 is 11.3 Å². The quantitative estimate of drug-likeness (QED) is 0.874. The predicted molar refractivity (Wildman–Crippen MR) is 102 cm³/mol. The van der Waals surface area contributed by atoms with E-state index in [0.717, 1.165) is 25.9 Å². The number of hydrogen-bond acceptors (Lipinski definition) is 5. The second kappa shape index (κ2) is 7.32. The molecule has 1 aromatic heterocycles. The Kier molecular flexibility index (Phi) is 4.88. The molecule has 3 heterocycles. The molecule has 0 atom stereocenters. The first kappa shape index (κ1) is 18.0. The Morgan fingerprint density at radius 1 is 1.22 bits per heavy atom. The number of hydrogen-bond donors (Lipinski definition) is 1. The average molecular weight is 386 g/mol. The summed E-state index contributed by atoms with van der Waals surface area (Å²) in [5, 5.41) is 2.13. The molecule has 0 radical (unpaired) electrons. The number of piperidine rings is 1. The number of nitrogens with two attached hydrogens (primary N) is 1. The molecule has 0 aliphatic carbocycles. The number of rotatable bonds is 4. The number of amides is 2. The van der Waals surface area contributed by atoms with Crippen LogP contribution in [0.1, 0.15) is 33.6 Å². The maximum Gasteiger partial charge on any atom is 0.260 e. The number of carbonyl (C=O) groups excluding carboxylic acids is 2. The van der Waals surface area contributed by atoms with Gasteiger partial charge in [0.1, 0.15) is 5.75 Å². The van der Waals surface area contributed by atoms with Crippen LogP contribution in [0.3, 0.4) is 0 Å². The molecule has 1 fully saturated rings. The Labute approximate surface area is 161 Å². The Balaban J connectivity index is 1.37. The van der Waals surface area contributed by atoms with E-state index in [1.807, 2.05) is 4.90 Å². The zero-order chi connectivity index (χ0) is 18.9. The van der Waals surface area contributed by atoms with Crippen LogP contribution in [0.2, 0.25) is 0 Å². The first-order chi connectivity index (χ1) is 13.1. The predicted octanol–water partition coefficient (Wildman–Crippen LogP) is 2.32. The molecule has 2 aliphatic rings. The lowest BCUT2D eigenvalue weighted by atomic mass is 9.82. The van der Waals surface area contributed by atoms with Crippen molar-refractivity contribution in [3.05, 3.63) is 51.7 Å². The van der Waals surface area contributed by atoms with Gasteiger partial charge in [-0.15, -0.1) is 11.3 Å². The number of ether oxygens (including phenoxy) is 2. The highest BCUT2D eigenvalue weighted by Crippen LogP contribution is 2.43. The molecule has 0 unspecified atom stereocenters. The fraction of sp³-hybridized carbons (Fsp3) is 0.400. The smallest absolute Gasteiger partial charge is 0.260 e. The third kappa shape index (κ3) is 3.44. The van der Waals surface area contributed by atoms with Crippen molar-refractivity contribution in [3.8, 4) is 5.75 Å². The second-order valence-electron chi connectivity index (χ2n) is 6.88. The van der Waals surface area contributed by atoms with Gasteiger partial charge in [0.2, 0.25) is 0 Å².